The highest BCUT2D eigenvalue weighted by Crippen LogP contribution is 2.66. The summed E-state index contributed by atoms with van der Waals surface area (Å²) in [4.78, 5) is 15.2. The fourth-order valence-corrected chi connectivity index (χ4v) is 10.3. The summed E-state index contributed by atoms with van der Waals surface area (Å²) in [6, 6.07) is 6.27. The van der Waals surface area contributed by atoms with Crippen molar-refractivity contribution in [3.8, 4) is 5.75 Å². The summed E-state index contributed by atoms with van der Waals surface area (Å²) >= 11 is 0. The van der Waals surface area contributed by atoms with Crippen LogP contribution in [0.25, 0.3) is 5.57 Å². The van der Waals surface area contributed by atoms with Crippen LogP contribution in [0.1, 0.15) is 96.5 Å². The maximum Gasteiger partial charge on any atom is 0.158 e. The zero-order valence-electron chi connectivity index (χ0n) is 27.7. The molecule has 4 saturated carbocycles. The molecule has 0 amide bonds. The van der Waals surface area contributed by atoms with Gasteiger partial charge in [-0.2, -0.15) is 0 Å². The van der Waals surface area contributed by atoms with Gasteiger partial charge in [-0.3, -0.25) is 4.79 Å². The van der Waals surface area contributed by atoms with Gasteiger partial charge in [0, 0.05) is 36.8 Å². The van der Waals surface area contributed by atoms with Gasteiger partial charge in [-0.25, -0.2) is 0 Å². The van der Waals surface area contributed by atoms with Crippen LogP contribution in [0.5, 0.6) is 5.75 Å². The van der Waals surface area contributed by atoms with E-state index in [9.17, 15) is 9.90 Å². The average Bonchev–Trinajstić information content (AvgIpc) is 3.32. The Hall–Kier alpha value is -2.15. The lowest BCUT2D eigenvalue weighted by Crippen LogP contribution is -2.54. The van der Waals surface area contributed by atoms with Crippen molar-refractivity contribution in [3.63, 3.8) is 0 Å². The Labute approximate surface area is 265 Å². The summed E-state index contributed by atoms with van der Waals surface area (Å²) in [5.41, 5.74) is 3.90. The molecule has 2 N–H and O–H groups in total. The minimum absolute atomic E-state index is 0.0854. The topological polar surface area (TPSA) is 71.0 Å². The summed E-state index contributed by atoms with van der Waals surface area (Å²) in [7, 11) is 4.14. The standard InChI is InChI=1S/C38H56N2O4/c1-25-21-26(31-12-10-28(23-35(31)44-25)39-19-20-40(4)5)7-6-8-30(42)24-43-36-14-13-33-32-11-9-27-22-29(41)15-17-37(27,2)34(32)16-18-38(33,36)3/h10,12,21,23,27,29,32-34,36,39,41H,1,6-9,11,13-20,22,24H2,2-5H3/t27-,29+,32-,33-,34-,36-,37-,38-/m0/s1. The molecule has 6 heteroatoms. The highest BCUT2D eigenvalue weighted by atomic mass is 16.5. The lowest BCUT2D eigenvalue weighted by Gasteiger charge is -2.60. The lowest BCUT2D eigenvalue weighted by molar-refractivity contribution is -0.146. The number of carbonyl (C=O) groups is 1. The number of hydrogen-bond acceptors (Lipinski definition) is 6. The van der Waals surface area contributed by atoms with Gasteiger partial charge < -0.3 is 24.8 Å². The first-order valence-corrected chi connectivity index (χ1v) is 17.5. The Kier molecular flexibility index (Phi) is 9.34. The van der Waals surface area contributed by atoms with Crippen molar-refractivity contribution < 1.29 is 19.4 Å². The zero-order valence-corrected chi connectivity index (χ0v) is 27.7. The summed E-state index contributed by atoms with van der Waals surface area (Å²) in [6.45, 7) is 11.2. The van der Waals surface area contributed by atoms with E-state index in [1.54, 1.807) is 0 Å². The predicted molar refractivity (Wildman–Crippen MR) is 178 cm³/mol. The molecule has 6 nitrogen and oxygen atoms in total. The van der Waals surface area contributed by atoms with Gasteiger partial charge in [0.05, 0.1) is 12.2 Å². The van der Waals surface area contributed by atoms with Gasteiger partial charge in [0.25, 0.3) is 0 Å². The molecule has 1 heterocycles. The van der Waals surface area contributed by atoms with Gasteiger partial charge in [-0.15, -0.1) is 0 Å². The van der Waals surface area contributed by atoms with Crippen molar-refractivity contribution in [2.75, 3.05) is 39.1 Å². The largest absolute Gasteiger partial charge is 0.457 e. The molecule has 8 atom stereocenters. The Morgan fingerprint density at radius 3 is 2.70 bits per heavy atom. The van der Waals surface area contributed by atoms with Crippen LogP contribution < -0.4 is 10.1 Å². The maximum absolute atomic E-state index is 13.0. The number of allylic oxidation sites excluding steroid dienone is 2. The van der Waals surface area contributed by atoms with Crippen LogP contribution in [-0.2, 0) is 9.53 Å². The Morgan fingerprint density at radius 2 is 1.89 bits per heavy atom. The number of hydrogen-bond donors (Lipinski definition) is 2. The van der Waals surface area contributed by atoms with E-state index in [1.165, 1.54) is 44.1 Å². The molecular weight excluding hydrogens is 548 g/mol. The number of aliphatic hydroxyl groups is 1. The number of benzene rings is 1. The van der Waals surface area contributed by atoms with Crippen LogP contribution in [0, 0.1) is 34.5 Å². The van der Waals surface area contributed by atoms with E-state index in [4.69, 9.17) is 9.47 Å². The van der Waals surface area contributed by atoms with E-state index in [0.717, 1.165) is 74.0 Å². The SMILES string of the molecule is C=C1C=C(CCCC(=O)CO[C@H]2CC[C@H]3[C@@H]4CC[C@H]5C[C@H](O)CC[C@]5(C)[C@H]4CC[C@]23C)c2ccc(NCCN(C)C)cc2O1. The van der Waals surface area contributed by atoms with Crippen LogP contribution in [0.2, 0.25) is 0 Å². The number of likely N-dealkylation sites (N-methyl/N-ethyl adjacent to an activating group) is 1. The molecule has 0 aromatic heterocycles. The Bertz CT molecular complexity index is 1260. The number of nitrogens with zero attached hydrogens (tertiary/aromatic N) is 1. The molecule has 1 aliphatic heterocycles. The van der Waals surface area contributed by atoms with E-state index in [0.29, 0.717) is 29.4 Å². The Balaban J connectivity index is 0.987. The molecule has 0 spiro atoms. The number of aliphatic hydroxyl groups excluding tert-OH is 1. The molecule has 44 heavy (non-hydrogen) atoms. The number of carbonyl (C=O) groups excluding carboxylic acids is 1. The van der Waals surface area contributed by atoms with Gasteiger partial charge in [-0.1, -0.05) is 20.4 Å². The first-order chi connectivity index (χ1) is 21.1. The molecule has 5 aliphatic rings. The van der Waals surface area contributed by atoms with E-state index < -0.39 is 0 Å². The number of ketones is 1. The van der Waals surface area contributed by atoms with Crippen LogP contribution in [0.3, 0.4) is 0 Å². The van der Waals surface area contributed by atoms with Gasteiger partial charge in [0.2, 0.25) is 0 Å². The third-order valence-electron chi connectivity index (χ3n) is 12.7. The monoisotopic (exact) mass is 604 g/mol. The summed E-state index contributed by atoms with van der Waals surface area (Å²) in [5, 5.41) is 13.8. The molecule has 0 bridgehead atoms. The second-order valence-electron chi connectivity index (χ2n) is 15.6. The second-order valence-corrected chi connectivity index (χ2v) is 15.6. The molecule has 0 unspecified atom stereocenters. The number of fused-ring (bicyclic) bond motifs is 6. The zero-order chi connectivity index (χ0) is 31.1. The molecule has 4 aliphatic carbocycles. The number of nitrogens with one attached hydrogen (secondary N) is 1. The molecule has 1 aromatic carbocycles. The second kappa shape index (κ2) is 12.9. The van der Waals surface area contributed by atoms with Crippen LogP contribution in [-0.4, -0.2) is 61.8 Å². The summed E-state index contributed by atoms with van der Waals surface area (Å²) < 4.78 is 12.5. The quantitative estimate of drug-likeness (QED) is 0.273. The van der Waals surface area contributed by atoms with E-state index >= 15 is 0 Å². The van der Waals surface area contributed by atoms with Crippen LogP contribution >= 0.6 is 0 Å². The van der Waals surface area contributed by atoms with Crippen molar-refractivity contribution in [2.24, 2.45) is 34.5 Å². The smallest absolute Gasteiger partial charge is 0.158 e. The molecule has 4 fully saturated rings. The number of Topliss-reactive ketones (excluding diaryl/α,β-unsaturated/α-hetero) is 1. The normalized spacial score (nSPS) is 36.0. The van der Waals surface area contributed by atoms with Gasteiger partial charge >= 0.3 is 0 Å². The van der Waals surface area contributed by atoms with E-state index in [1.807, 2.05) is 6.08 Å². The van der Waals surface area contributed by atoms with Gasteiger partial charge in [-0.05, 0) is 143 Å². The van der Waals surface area contributed by atoms with E-state index in [-0.39, 0.29) is 30.0 Å². The third-order valence-corrected chi connectivity index (χ3v) is 12.7. The number of anilines is 1. The fourth-order valence-electron chi connectivity index (χ4n) is 10.3. The first kappa shape index (κ1) is 31.8. The maximum atomic E-state index is 13.0. The Morgan fingerprint density at radius 1 is 1.09 bits per heavy atom. The number of ether oxygens (including phenoxy) is 2. The molecule has 242 valence electrons. The third kappa shape index (κ3) is 6.28. The molecule has 0 radical (unpaired) electrons. The predicted octanol–water partition coefficient (Wildman–Crippen LogP) is 7.48. The lowest BCUT2D eigenvalue weighted by atomic mass is 9.45. The molecule has 1 aromatic rings. The van der Waals surface area contributed by atoms with Crippen LogP contribution in [0.4, 0.5) is 5.69 Å². The minimum atomic E-state index is -0.0854. The average molecular weight is 605 g/mol. The van der Waals surface area contributed by atoms with Crippen molar-refractivity contribution in [3.05, 3.63) is 42.2 Å². The van der Waals surface area contributed by atoms with Crippen molar-refractivity contribution >= 4 is 17.0 Å². The summed E-state index contributed by atoms with van der Waals surface area (Å²) in [5.74, 6) is 4.67. The van der Waals surface area contributed by atoms with Crippen molar-refractivity contribution in [1.82, 2.24) is 4.90 Å². The van der Waals surface area contributed by atoms with Crippen molar-refractivity contribution in [1.29, 1.82) is 0 Å². The van der Waals surface area contributed by atoms with Crippen LogP contribution in [0.15, 0.2) is 36.6 Å². The number of rotatable bonds is 11. The van der Waals surface area contributed by atoms with Gasteiger partial charge in [0.15, 0.2) is 5.78 Å². The highest BCUT2D eigenvalue weighted by Gasteiger charge is 2.60. The fraction of sp³-hybridized carbons (Fsp3) is 0.711. The van der Waals surface area contributed by atoms with E-state index in [2.05, 4.69) is 62.9 Å². The summed E-state index contributed by atoms with van der Waals surface area (Å²) in [6.07, 6.45) is 14.9. The first-order valence-electron chi connectivity index (χ1n) is 17.5. The van der Waals surface area contributed by atoms with Crippen molar-refractivity contribution in [2.45, 2.75) is 103 Å². The molecule has 0 saturated heterocycles. The highest BCUT2D eigenvalue weighted by molar-refractivity contribution is 5.80. The molecular formula is C38H56N2O4. The van der Waals surface area contributed by atoms with Gasteiger partial charge in [0.1, 0.15) is 18.1 Å². The molecule has 6 rings (SSSR count). The minimum Gasteiger partial charge on any atom is -0.457 e.